The SMILES string of the molecule is Cc1nc2c([nH]1)CC(C(=O)NCc1cccnc1OC(C)C)CC2. The molecule has 2 aromatic rings. The van der Waals surface area contributed by atoms with Gasteiger partial charge in [-0.2, -0.15) is 0 Å². The van der Waals surface area contributed by atoms with Crippen LogP contribution in [0, 0.1) is 12.8 Å². The van der Waals surface area contributed by atoms with Gasteiger partial charge < -0.3 is 15.0 Å². The minimum absolute atomic E-state index is 0.0107. The molecule has 1 aliphatic rings. The Kier molecular flexibility index (Phi) is 4.83. The number of hydrogen-bond acceptors (Lipinski definition) is 4. The average Bonchev–Trinajstić information content (AvgIpc) is 2.92. The molecule has 2 N–H and O–H groups in total. The van der Waals surface area contributed by atoms with Crippen LogP contribution in [-0.2, 0) is 24.2 Å². The van der Waals surface area contributed by atoms with E-state index in [0.29, 0.717) is 12.4 Å². The van der Waals surface area contributed by atoms with E-state index in [-0.39, 0.29) is 17.9 Å². The molecular formula is C18H24N4O2. The van der Waals surface area contributed by atoms with Crippen LogP contribution in [0.1, 0.15) is 43.0 Å². The molecule has 0 spiro atoms. The minimum Gasteiger partial charge on any atom is -0.475 e. The Balaban J connectivity index is 1.60. The Labute approximate surface area is 142 Å². The molecule has 0 saturated carbocycles. The number of aromatic nitrogens is 3. The number of hydrogen-bond donors (Lipinski definition) is 2. The number of nitrogens with one attached hydrogen (secondary N) is 2. The number of H-pyrrole nitrogens is 1. The predicted molar refractivity (Wildman–Crippen MR) is 90.7 cm³/mol. The van der Waals surface area contributed by atoms with Crippen molar-refractivity contribution >= 4 is 5.91 Å². The number of aromatic amines is 1. The van der Waals surface area contributed by atoms with Gasteiger partial charge in [0.2, 0.25) is 11.8 Å². The topological polar surface area (TPSA) is 79.9 Å². The van der Waals surface area contributed by atoms with Crippen LogP contribution in [0.15, 0.2) is 18.3 Å². The van der Waals surface area contributed by atoms with Crippen LogP contribution < -0.4 is 10.1 Å². The van der Waals surface area contributed by atoms with Crippen LogP contribution in [-0.4, -0.2) is 27.0 Å². The first kappa shape index (κ1) is 16.5. The summed E-state index contributed by atoms with van der Waals surface area (Å²) >= 11 is 0. The third kappa shape index (κ3) is 3.75. The molecule has 3 rings (SSSR count). The number of rotatable bonds is 5. The first-order valence-corrected chi connectivity index (χ1v) is 8.45. The van der Waals surface area contributed by atoms with Gasteiger partial charge in [-0.1, -0.05) is 6.07 Å². The number of carbonyl (C=O) groups excluding carboxylic acids is 1. The van der Waals surface area contributed by atoms with Crippen LogP contribution in [0.2, 0.25) is 0 Å². The number of imidazole rings is 1. The average molecular weight is 328 g/mol. The molecule has 0 aromatic carbocycles. The molecule has 0 aliphatic heterocycles. The summed E-state index contributed by atoms with van der Waals surface area (Å²) in [6, 6.07) is 3.79. The number of carbonyl (C=O) groups is 1. The van der Waals surface area contributed by atoms with Crippen molar-refractivity contribution in [1.82, 2.24) is 20.3 Å². The standard InChI is InChI=1S/C18H24N4O2/c1-11(2)24-18-14(5-4-8-19-18)10-20-17(23)13-6-7-15-16(9-13)22-12(3)21-15/h4-5,8,11,13H,6-7,9-10H2,1-3H3,(H,20,23)(H,21,22). The van der Waals surface area contributed by atoms with E-state index in [1.165, 1.54) is 0 Å². The highest BCUT2D eigenvalue weighted by molar-refractivity contribution is 5.79. The second kappa shape index (κ2) is 7.03. The predicted octanol–water partition coefficient (Wildman–Crippen LogP) is 2.32. The number of amides is 1. The fourth-order valence-electron chi connectivity index (χ4n) is 3.06. The lowest BCUT2D eigenvalue weighted by Crippen LogP contribution is -2.34. The summed E-state index contributed by atoms with van der Waals surface area (Å²) in [5, 5.41) is 3.03. The third-order valence-electron chi connectivity index (χ3n) is 4.18. The Morgan fingerprint density at radius 1 is 1.50 bits per heavy atom. The molecule has 0 fully saturated rings. The molecular weight excluding hydrogens is 304 g/mol. The summed E-state index contributed by atoms with van der Waals surface area (Å²) in [5.74, 6) is 1.57. The zero-order valence-electron chi connectivity index (χ0n) is 14.4. The highest BCUT2D eigenvalue weighted by atomic mass is 16.5. The Bertz CT molecular complexity index is 724. The summed E-state index contributed by atoms with van der Waals surface area (Å²) in [5.41, 5.74) is 3.11. The van der Waals surface area contributed by atoms with E-state index in [0.717, 1.165) is 42.0 Å². The van der Waals surface area contributed by atoms with E-state index in [1.807, 2.05) is 32.9 Å². The molecule has 1 atom stereocenters. The van der Waals surface area contributed by atoms with Crippen LogP contribution in [0.4, 0.5) is 0 Å². The summed E-state index contributed by atoms with van der Waals surface area (Å²) in [6.07, 6.45) is 4.17. The largest absolute Gasteiger partial charge is 0.475 e. The zero-order chi connectivity index (χ0) is 17.1. The minimum atomic E-state index is -0.0107. The van der Waals surface area contributed by atoms with Crippen LogP contribution in [0.3, 0.4) is 0 Å². The van der Waals surface area contributed by atoms with Gasteiger partial charge in [-0.25, -0.2) is 9.97 Å². The van der Waals surface area contributed by atoms with Gasteiger partial charge in [-0.15, -0.1) is 0 Å². The van der Waals surface area contributed by atoms with Gasteiger partial charge in [-0.3, -0.25) is 4.79 Å². The van der Waals surface area contributed by atoms with Crippen molar-refractivity contribution in [2.75, 3.05) is 0 Å². The molecule has 2 heterocycles. The lowest BCUT2D eigenvalue weighted by atomic mass is 9.89. The quantitative estimate of drug-likeness (QED) is 0.883. The van der Waals surface area contributed by atoms with E-state index in [9.17, 15) is 4.79 Å². The molecule has 6 nitrogen and oxygen atoms in total. The molecule has 0 radical (unpaired) electrons. The van der Waals surface area contributed by atoms with Crippen LogP contribution in [0.5, 0.6) is 5.88 Å². The molecule has 1 amide bonds. The monoisotopic (exact) mass is 328 g/mol. The van der Waals surface area contributed by atoms with Gasteiger partial charge in [0.1, 0.15) is 5.82 Å². The molecule has 128 valence electrons. The van der Waals surface area contributed by atoms with Gasteiger partial charge in [0.15, 0.2) is 0 Å². The lowest BCUT2D eigenvalue weighted by Gasteiger charge is -2.21. The van der Waals surface area contributed by atoms with Crippen molar-refractivity contribution in [1.29, 1.82) is 0 Å². The van der Waals surface area contributed by atoms with Gasteiger partial charge in [0.05, 0.1) is 11.8 Å². The molecule has 0 saturated heterocycles. The fourth-order valence-corrected chi connectivity index (χ4v) is 3.06. The Morgan fingerprint density at radius 3 is 3.12 bits per heavy atom. The summed E-state index contributed by atoms with van der Waals surface area (Å²) in [4.78, 5) is 24.5. The number of fused-ring (bicyclic) bond motifs is 1. The Hall–Kier alpha value is -2.37. The third-order valence-corrected chi connectivity index (χ3v) is 4.18. The second-order valence-electron chi connectivity index (χ2n) is 6.54. The van der Waals surface area contributed by atoms with E-state index in [2.05, 4.69) is 20.3 Å². The molecule has 6 heteroatoms. The van der Waals surface area contributed by atoms with Crippen molar-refractivity contribution in [3.8, 4) is 5.88 Å². The van der Waals surface area contributed by atoms with Crippen LogP contribution >= 0.6 is 0 Å². The van der Waals surface area contributed by atoms with Crippen molar-refractivity contribution in [2.24, 2.45) is 5.92 Å². The van der Waals surface area contributed by atoms with Gasteiger partial charge >= 0.3 is 0 Å². The zero-order valence-corrected chi connectivity index (χ0v) is 14.4. The maximum atomic E-state index is 12.5. The lowest BCUT2D eigenvalue weighted by molar-refractivity contribution is -0.125. The van der Waals surface area contributed by atoms with E-state index in [1.54, 1.807) is 6.20 Å². The van der Waals surface area contributed by atoms with E-state index in [4.69, 9.17) is 4.74 Å². The molecule has 0 bridgehead atoms. The van der Waals surface area contributed by atoms with E-state index >= 15 is 0 Å². The number of pyridine rings is 1. The summed E-state index contributed by atoms with van der Waals surface area (Å²) < 4.78 is 5.70. The van der Waals surface area contributed by atoms with Crippen molar-refractivity contribution in [2.45, 2.75) is 52.7 Å². The maximum absolute atomic E-state index is 12.5. The molecule has 1 unspecified atom stereocenters. The van der Waals surface area contributed by atoms with Gasteiger partial charge in [-0.05, 0) is 39.7 Å². The second-order valence-corrected chi connectivity index (χ2v) is 6.54. The van der Waals surface area contributed by atoms with Crippen molar-refractivity contribution in [3.63, 3.8) is 0 Å². The summed E-state index contributed by atoms with van der Waals surface area (Å²) in [6.45, 7) is 6.30. The highest BCUT2D eigenvalue weighted by Crippen LogP contribution is 2.24. The van der Waals surface area contributed by atoms with Crippen LogP contribution in [0.25, 0.3) is 0 Å². The first-order valence-electron chi connectivity index (χ1n) is 8.45. The molecule has 1 aliphatic carbocycles. The number of aryl methyl sites for hydroxylation is 2. The smallest absolute Gasteiger partial charge is 0.223 e. The normalized spacial score (nSPS) is 16.8. The van der Waals surface area contributed by atoms with Gasteiger partial charge in [0.25, 0.3) is 0 Å². The highest BCUT2D eigenvalue weighted by Gasteiger charge is 2.26. The maximum Gasteiger partial charge on any atom is 0.223 e. The first-order chi connectivity index (χ1) is 11.5. The Morgan fingerprint density at radius 2 is 2.33 bits per heavy atom. The van der Waals surface area contributed by atoms with Crippen molar-refractivity contribution in [3.05, 3.63) is 41.1 Å². The molecule has 24 heavy (non-hydrogen) atoms. The fraction of sp³-hybridized carbons (Fsp3) is 0.500. The van der Waals surface area contributed by atoms with Crippen molar-refractivity contribution < 1.29 is 9.53 Å². The number of ether oxygens (including phenoxy) is 1. The summed E-state index contributed by atoms with van der Waals surface area (Å²) in [7, 11) is 0. The number of nitrogens with zero attached hydrogens (tertiary/aromatic N) is 2. The van der Waals surface area contributed by atoms with E-state index < -0.39 is 0 Å². The molecule has 2 aromatic heterocycles. The van der Waals surface area contributed by atoms with Gasteiger partial charge in [0, 0.05) is 36.3 Å².